The summed E-state index contributed by atoms with van der Waals surface area (Å²) in [4.78, 5) is 7.00. The Hall–Kier alpha value is -9.36. The van der Waals surface area contributed by atoms with E-state index in [-0.39, 0.29) is 0 Å². The van der Waals surface area contributed by atoms with Gasteiger partial charge in [-0.25, -0.2) is 0 Å². The molecule has 14 aromatic rings. The van der Waals surface area contributed by atoms with Crippen LogP contribution < -0.4 is 14.7 Å². The van der Waals surface area contributed by atoms with Crippen molar-refractivity contribution in [2.24, 2.45) is 0 Å². The van der Waals surface area contributed by atoms with Gasteiger partial charge in [-0.3, -0.25) is 0 Å². The maximum Gasteiger partial charge on any atom is 0.137 e. The predicted molar refractivity (Wildman–Crippen MR) is 305 cm³/mol. The summed E-state index contributed by atoms with van der Waals surface area (Å²) in [5.41, 5.74) is 14.8. The third kappa shape index (κ3) is 6.99. The van der Waals surface area contributed by atoms with E-state index in [4.69, 9.17) is 4.42 Å². The van der Waals surface area contributed by atoms with Crippen LogP contribution in [0, 0.1) is 0 Å². The molecule has 3 aromatic heterocycles. The Kier molecular flexibility index (Phi) is 9.96. The van der Waals surface area contributed by atoms with E-state index in [2.05, 4.69) is 286 Å². The van der Waals surface area contributed by atoms with E-state index in [1.165, 1.54) is 31.2 Å². The highest BCUT2D eigenvalue weighted by Gasteiger charge is 2.23. The Labute approximate surface area is 420 Å². The second-order valence-electron chi connectivity index (χ2n) is 18.1. The molecule has 3 heterocycles. The molecule has 0 atom stereocenters. The fourth-order valence-electron chi connectivity index (χ4n) is 10.7. The number of hydrogen-bond acceptors (Lipinski definition) is 5. The van der Waals surface area contributed by atoms with Crippen LogP contribution in [-0.2, 0) is 0 Å². The van der Waals surface area contributed by atoms with Gasteiger partial charge in [0.25, 0.3) is 0 Å². The van der Waals surface area contributed by atoms with E-state index < -0.39 is 0 Å². The lowest BCUT2D eigenvalue weighted by Crippen LogP contribution is -2.10. The number of rotatable bonds is 10. The fraction of sp³-hybridized carbons (Fsp3) is 0. The number of anilines is 9. The Morgan fingerprint density at radius 3 is 1.22 bits per heavy atom. The van der Waals surface area contributed by atoms with Crippen molar-refractivity contribution in [2.45, 2.75) is 0 Å². The SMILES string of the molecule is c1ccc(N(c2ccccc2)c2ccc3c(c2)oc2ccc(N(c4ccccc4)c4ccc5c(c4)c4cc(N(c6ccccc6)c6ccccc6)ccc4n5-c4cccc5c4sc4ccccc45)cc23)cc1. The average Bonchev–Trinajstić information content (AvgIpc) is 4.12. The molecular formula is C66H44N4OS. The fourth-order valence-corrected chi connectivity index (χ4v) is 11.9. The van der Waals surface area contributed by atoms with E-state index >= 15 is 0 Å². The lowest BCUT2D eigenvalue weighted by molar-refractivity contribution is 0.669. The summed E-state index contributed by atoms with van der Waals surface area (Å²) < 4.78 is 11.7. The molecule has 0 spiro atoms. The summed E-state index contributed by atoms with van der Waals surface area (Å²) in [6.07, 6.45) is 0. The summed E-state index contributed by atoms with van der Waals surface area (Å²) in [7, 11) is 0. The van der Waals surface area contributed by atoms with Crippen LogP contribution >= 0.6 is 11.3 Å². The van der Waals surface area contributed by atoms with Gasteiger partial charge in [0.2, 0.25) is 0 Å². The molecule has 0 unspecified atom stereocenters. The highest BCUT2D eigenvalue weighted by molar-refractivity contribution is 7.26. The van der Waals surface area contributed by atoms with Crippen molar-refractivity contribution in [3.63, 3.8) is 0 Å². The van der Waals surface area contributed by atoms with Gasteiger partial charge >= 0.3 is 0 Å². The Balaban J connectivity index is 0.962. The van der Waals surface area contributed by atoms with Gasteiger partial charge < -0.3 is 23.7 Å². The predicted octanol–water partition coefficient (Wildman–Crippen LogP) is 19.5. The van der Waals surface area contributed by atoms with E-state index in [1.807, 2.05) is 11.3 Å². The average molecular weight is 941 g/mol. The molecule has 5 nitrogen and oxygen atoms in total. The van der Waals surface area contributed by atoms with Crippen molar-refractivity contribution in [1.82, 2.24) is 4.57 Å². The van der Waals surface area contributed by atoms with Crippen LogP contribution in [-0.4, -0.2) is 4.57 Å². The maximum atomic E-state index is 6.70. The van der Waals surface area contributed by atoms with Crippen LogP contribution in [0.25, 0.3) is 69.6 Å². The largest absolute Gasteiger partial charge is 0.456 e. The third-order valence-electron chi connectivity index (χ3n) is 13.9. The van der Waals surface area contributed by atoms with Gasteiger partial charge in [-0.05, 0) is 140 Å². The van der Waals surface area contributed by atoms with Crippen LogP contribution in [0.1, 0.15) is 0 Å². The van der Waals surface area contributed by atoms with Crippen LogP contribution in [0.4, 0.5) is 51.2 Å². The van der Waals surface area contributed by atoms with Crippen LogP contribution in [0.15, 0.2) is 271 Å². The van der Waals surface area contributed by atoms with Crippen molar-refractivity contribution in [3.05, 3.63) is 267 Å². The number of benzene rings is 11. The zero-order valence-corrected chi connectivity index (χ0v) is 39.8. The van der Waals surface area contributed by atoms with E-state index in [0.717, 1.165) is 89.5 Å². The third-order valence-corrected chi connectivity index (χ3v) is 15.1. The summed E-state index contributed by atoms with van der Waals surface area (Å²) >= 11 is 1.86. The molecule has 0 amide bonds. The maximum absolute atomic E-state index is 6.70. The quantitative estimate of drug-likeness (QED) is 0.137. The first-order valence-electron chi connectivity index (χ1n) is 24.3. The first-order chi connectivity index (χ1) is 35.7. The van der Waals surface area contributed by atoms with Gasteiger partial charge in [-0.2, -0.15) is 0 Å². The molecular weight excluding hydrogens is 897 g/mol. The van der Waals surface area contributed by atoms with Crippen LogP contribution in [0.5, 0.6) is 0 Å². The highest BCUT2D eigenvalue weighted by Crippen LogP contribution is 2.46. The first-order valence-corrected chi connectivity index (χ1v) is 25.1. The molecule has 0 radical (unpaired) electrons. The smallest absolute Gasteiger partial charge is 0.137 e. The molecule has 0 N–H and O–H groups in total. The molecule has 0 saturated heterocycles. The molecule has 0 aliphatic carbocycles. The van der Waals surface area contributed by atoms with Crippen molar-refractivity contribution in [1.29, 1.82) is 0 Å². The summed E-state index contributed by atoms with van der Waals surface area (Å²) in [6, 6.07) is 95.6. The molecule has 14 rings (SSSR count). The molecule has 0 saturated carbocycles. The normalized spacial score (nSPS) is 11.6. The van der Waals surface area contributed by atoms with E-state index in [9.17, 15) is 0 Å². The minimum atomic E-state index is 0.835. The lowest BCUT2D eigenvalue weighted by atomic mass is 10.1. The molecule has 0 bridgehead atoms. The minimum absolute atomic E-state index is 0.835. The number of nitrogens with zero attached hydrogens (tertiary/aromatic N) is 4. The monoisotopic (exact) mass is 940 g/mol. The number of para-hydroxylation sites is 5. The summed E-state index contributed by atoms with van der Waals surface area (Å²) in [5, 5.41) is 7.00. The van der Waals surface area contributed by atoms with Crippen molar-refractivity contribution < 1.29 is 4.42 Å². The number of aromatic nitrogens is 1. The molecule has 72 heavy (non-hydrogen) atoms. The molecule has 11 aromatic carbocycles. The Bertz CT molecular complexity index is 4200. The summed E-state index contributed by atoms with van der Waals surface area (Å²) in [5.74, 6) is 0. The Morgan fingerprint density at radius 1 is 0.278 bits per heavy atom. The van der Waals surface area contributed by atoms with Gasteiger partial charge in [0.15, 0.2) is 0 Å². The van der Waals surface area contributed by atoms with Gasteiger partial charge in [-0.1, -0.05) is 121 Å². The molecule has 340 valence electrons. The van der Waals surface area contributed by atoms with Crippen LogP contribution in [0.2, 0.25) is 0 Å². The minimum Gasteiger partial charge on any atom is -0.456 e. The van der Waals surface area contributed by atoms with Gasteiger partial charge in [0, 0.05) is 94.3 Å². The van der Waals surface area contributed by atoms with Crippen molar-refractivity contribution in [2.75, 3.05) is 14.7 Å². The second-order valence-corrected chi connectivity index (χ2v) is 19.2. The number of fused-ring (bicyclic) bond motifs is 9. The molecule has 0 aliphatic heterocycles. The van der Waals surface area contributed by atoms with Crippen molar-refractivity contribution >= 4 is 126 Å². The van der Waals surface area contributed by atoms with Gasteiger partial charge in [0.05, 0.1) is 21.4 Å². The second kappa shape index (κ2) is 17.2. The van der Waals surface area contributed by atoms with Crippen LogP contribution in [0.3, 0.4) is 0 Å². The standard InChI is InChI=1S/C66H44N4OS/c1-6-19-45(20-7-1)67(46-21-8-2-9-22-46)50-34-38-60-57(41-50)58-42-51(35-39-61(58)70(60)62-31-18-30-56-55-29-16-17-32-65(55)72-66(56)62)69(49-27-14-5-15-28-49)52-36-40-63-59(43-52)54-37-33-53(44-64(54)71-63)68(47-23-10-3-11-24-47)48-25-12-4-13-26-48/h1-44H. The lowest BCUT2D eigenvalue weighted by Gasteiger charge is -2.26. The molecule has 6 heteroatoms. The molecule has 0 aliphatic rings. The topological polar surface area (TPSA) is 27.8 Å². The molecule has 0 fully saturated rings. The number of thiophene rings is 1. The van der Waals surface area contributed by atoms with Gasteiger partial charge in [0.1, 0.15) is 11.2 Å². The zero-order chi connectivity index (χ0) is 47.5. The number of hydrogen-bond donors (Lipinski definition) is 0. The summed E-state index contributed by atoms with van der Waals surface area (Å²) in [6.45, 7) is 0. The first kappa shape index (κ1) is 41.6. The zero-order valence-electron chi connectivity index (χ0n) is 39.0. The van der Waals surface area contributed by atoms with Crippen molar-refractivity contribution in [3.8, 4) is 5.69 Å². The number of furan rings is 1. The van der Waals surface area contributed by atoms with E-state index in [0.29, 0.717) is 0 Å². The highest BCUT2D eigenvalue weighted by atomic mass is 32.1. The van der Waals surface area contributed by atoms with E-state index in [1.54, 1.807) is 0 Å². The van der Waals surface area contributed by atoms with Gasteiger partial charge in [-0.15, -0.1) is 11.3 Å². The Morgan fingerprint density at radius 2 is 0.694 bits per heavy atom.